The van der Waals surface area contributed by atoms with Crippen molar-refractivity contribution < 1.29 is 49.1 Å². The highest BCUT2D eigenvalue weighted by molar-refractivity contribution is 6.27. The number of nitrogens with zero attached hydrogens (tertiary/aromatic N) is 3. The Balaban J connectivity index is 0.000000311. The van der Waals surface area contributed by atoms with E-state index in [0.29, 0.717) is 24.7 Å². The van der Waals surface area contributed by atoms with E-state index in [1.165, 1.54) is 24.0 Å². The zero-order valence-electron chi connectivity index (χ0n) is 21.7. The summed E-state index contributed by atoms with van der Waals surface area (Å²) >= 11 is 0. The van der Waals surface area contributed by atoms with Crippen molar-refractivity contribution in [2.24, 2.45) is 0 Å². The van der Waals surface area contributed by atoms with Crippen LogP contribution in [0.3, 0.4) is 0 Å². The molecule has 5 rings (SSSR count). The van der Waals surface area contributed by atoms with E-state index in [1.54, 1.807) is 0 Å². The molecule has 2 fully saturated rings. The molecule has 1 aliphatic carbocycles. The average molecular weight is 562 g/mol. The number of anilines is 2. The highest BCUT2D eigenvalue weighted by Gasteiger charge is 2.28. The monoisotopic (exact) mass is 561 g/mol. The number of piperidine rings is 1. The van der Waals surface area contributed by atoms with Gasteiger partial charge in [-0.1, -0.05) is 6.07 Å². The highest BCUT2D eigenvalue weighted by Crippen LogP contribution is 2.36. The Morgan fingerprint density at radius 3 is 2.08 bits per heavy atom. The van der Waals surface area contributed by atoms with Crippen LogP contribution < -0.4 is 20.1 Å². The number of hydrogen-bond acceptors (Lipinski definition) is 11. The van der Waals surface area contributed by atoms with E-state index in [-0.39, 0.29) is 0 Å². The van der Waals surface area contributed by atoms with E-state index in [4.69, 9.17) is 54.1 Å². The summed E-state index contributed by atoms with van der Waals surface area (Å²) in [7, 11) is 1.87. The number of benzene rings is 1. The van der Waals surface area contributed by atoms with Crippen LogP contribution in [0.25, 0.3) is 0 Å². The number of likely N-dealkylation sites (tertiary alicyclic amines) is 1. The van der Waals surface area contributed by atoms with Gasteiger partial charge in [0.1, 0.15) is 5.82 Å². The fourth-order valence-corrected chi connectivity index (χ4v) is 4.05. The Kier molecular flexibility index (Phi) is 10.4. The molecule has 0 radical (unpaired) electrons. The smallest absolute Gasteiger partial charge is 0.414 e. The summed E-state index contributed by atoms with van der Waals surface area (Å²) in [6, 6.07) is 6.85. The quantitative estimate of drug-likeness (QED) is 0.275. The van der Waals surface area contributed by atoms with Crippen LogP contribution in [0.2, 0.25) is 0 Å². The molecule has 0 bridgehead atoms. The summed E-state index contributed by atoms with van der Waals surface area (Å²) in [6.45, 7) is 3.44. The van der Waals surface area contributed by atoms with Crippen LogP contribution in [0.15, 0.2) is 24.4 Å². The normalized spacial score (nSPS) is 15.9. The van der Waals surface area contributed by atoms with Crippen molar-refractivity contribution in [2.45, 2.75) is 44.2 Å². The second-order valence-corrected chi connectivity index (χ2v) is 9.12. The minimum Gasteiger partial charge on any atom is -0.473 e. The van der Waals surface area contributed by atoms with Crippen LogP contribution in [0.4, 0.5) is 11.8 Å². The van der Waals surface area contributed by atoms with Crippen molar-refractivity contribution in [3.8, 4) is 11.5 Å². The van der Waals surface area contributed by atoms with Gasteiger partial charge in [-0.25, -0.2) is 24.2 Å². The van der Waals surface area contributed by atoms with Gasteiger partial charge >= 0.3 is 23.9 Å². The standard InChI is InChI=1S/C21H27N5O2.2C2H2O4/c1-22-21-23-11-17(20(25-21)24-16-3-4-16)15-6-8-26(9-7-15)12-14-2-5-18-19(10-14)28-13-27-18;2*3-1(4)2(5)6/h2,5,10-11,15-16H,3-4,6-9,12-13H2,1H3,(H2,22,23,24,25);2*(H,3,4)(H,5,6). The number of aromatic nitrogens is 2. The van der Waals surface area contributed by atoms with Crippen LogP contribution >= 0.6 is 0 Å². The molecule has 15 nitrogen and oxygen atoms in total. The number of carboxylic acids is 4. The molecule has 40 heavy (non-hydrogen) atoms. The van der Waals surface area contributed by atoms with Crippen LogP contribution in [0.5, 0.6) is 11.5 Å². The van der Waals surface area contributed by atoms with Crippen LogP contribution in [-0.4, -0.2) is 92.1 Å². The van der Waals surface area contributed by atoms with Gasteiger partial charge in [0.15, 0.2) is 11.5 Å². The molecular weight excluding hydrogens is 530 g/mol. The number of nitrogens with one attached hydrogen (secondary N) is 2. The molecular formula is C25H31N5O10. The number of carbonyl (C=O) groups is 4. The molecule has 1 saturated heterocycles. The van der Waals surface area contributed by atoms with Gasteiger partial charge in [-0.3, -0.25) is 4.90 Å². The molecule has 3 heterocycles. The van der Waals surface area contributed by atoms with Gasteiger partial charge in [0, 0.05) is 31.4 Å². The number of carboxylic acid groups (broad SMARTS) is 4. The summed E-state index contributed by atoms with van der Waals surface area (Å²) in [4.78, 5) is 48.1. The van der Waals surface area contributed by atoms with E-state index in [9.17, 15) is 0 Å². The number of fused-ring (bicyclic) bond motifs is 1. The lowest BCUT2D eigenvalue weighted by atomic mass is 9.90. The third kappa shape index (κ3) is 8.97. The number of rotatable bonds is 6. The van der Waals surface area contributed by atoms with Crippen molar-refractivity contribution in [1.29, 1.82) is 0 Å². The lowest BCUT2D eigenvalue weighted by molar-refractivity contribution is -0.159. The summed E-state index contributed by atoms with van der Waals surface area (Å²) in [5, 5.41) is 36.2. The van der Waals surface area contributed by atoms with Gasteiger partial charge < -0.3 is 40.5 Å². The predicted octanol–water partition coefficient (Wildman–Crippen LogP) is 1.51. The molecule has 0 spiro atoms. The zero-order valence-corrected chi connectivity index (χ0v) is 21.7. The second-order valence-electron chi connectivity index (χ2n) is 9.12. The summed E-state index contributed by atoms with van der Waals surface area (Å²) < 4.78 is 10.9. The number of ether oxygens (including phenoxy) is 2. The number of aliphatic carboxylic acids is 4. The van der Waals surface area contributed by atoms with E-state index >= 15 is 0 Å². The van der Waals surface area contributed by atoms with E-state index in [0.717, 1.165) is 49.8 Å². The first kappa shape index (κ1) is 29.9. The lowest BCUT2D eigenvalue weighted by Crippen LogP contribution is -2.32. The molecule has 6 N–H and O–H groups in total. The van der Waals surface area contributed by atoms with E-state index in [1.807, 2.05) is 19.3 Å². The van der Waals surface area contributed by atoms with Gasteiger partial charge in [-0.15, -0.1) is 0 Å². The molecule has 1 aromatic heterocycles. The minimum atomic E-state index is -1.82. The van der Waals surface area contributed by atoms with Crippen LogP contribution in [0.1, 0.15) is 42.7 Å². The largest absolute Gasteiger partial charge is 0.473 e. The molecule has 2 aliphatic heterocycles. The topological polar surface area (TPSA) is 221 Å². The van der Waals surface area contributed by atoms with Crippen molar-refractivity contribution in [1.82, 2.24) is 14.9 Å². The first-order valence-electron chi connectivity index (χ1n) is 12.4. The fourth-order valence-electron chi connectivity index (χ4n) is 4.05. The summed E-state index contributed by atoms with van der Waals surface area (Å²) in [5.74, 6) is -3.36. The maximum Gasteiger partial charge on any atom is 0.414 e. The molecule has 1 aromatic carbocycles. The third-order valence-corrected chi connectivity index (χ3v) is 6.20. The molecule has 0 atom stereocenters. The Bertz CT molecular complexity index is 1180. The maximum absolute atomic E-state index is 9.10. The lowest BCUT2D eigenvalue weighted by Gasteiger charge is -2.32. The molecule has 3 aliphatic rings. The van der Waals surface area contributed by atoms with Gasteiger partial charge in [0.25, 0.3) is 0 Å². The molecule has 0 unspecified atom stereocenters. The second kappa shape index (κ2) is 13.9. The van der Waals surface area contributed by atoms with Crippen LogP contribution in [-0.2, 0) is 25.7 Å². The van der Waals surface area contributed by atoms with Crippen LogP contribution in [0, 0.1) is 0 Å². The molecule has 0 amide bonds. The van der Waals surface area contributed by atoms with E-state index in [2.05, 4.69) is 32.7 Å². The first-order valence-corrected chi connectivity index (χ1v) is 12.4. The Labute approximate surface area is 228 Å². The molecule has 1 saturated carbocycles. The van der Waals surface area contributed by atoms with E-state index < -0.39 is 23.9 Å². The molecule has 15 heteroatoms. The number of hydrogen-bond donors (Lipinski definition) is 6. The molecule has 2 aromatic rings. The Morgan fingerprint density at radius 1 is 0.925 bits per heavy atom. The van der Waals surface area contributed by atoms with Crippen molar-refractivity contribution in [2.75, 3.05) is 37.6 Å². The third-order valence-electron chi connectivity index (χ3n) is 6.20. The predicted molar refractivity (Wildman–Crippen MR) is 139 cm³/mol. The van der Waals surface area contributed by atoms with Gasteiger partial charge in [-0.2, -0.15) is 4.98 Å². The van der Waals surface area contributed by atoms with Gasteiger partial charge in [-0.05, 0) is 62.4 Å². The minimum absolute atomic E-state index is 0.329. The van der Waals surface area contributed by atoms with Crippen molar-refractivity contribution in [3.63, 3.8) is 0 Å². The molecule has 216 valence electrons. The maximum atomic E-state index is 9.10. The summed E-state index contributed by atoms with van der Waals surface area (Å²) in [5.41, 5.74) is 2.55. The first-order chi connectivity index (χ1) is 19.1. The Hall–Kier alpha value is -4.66. The zero-order chi connectivity index (χ0) is 29.2. The fraction of sp³-hybridized carbons (Fsp3) is 0.440. The Morgan fingerprint density at radius 2 is 1.52 bits per heavy atom. The van der Waals surface area contributed by atoms with Crippen molar-refractivity contribution in [3.05, 3.63) is 35.5 Å². The highest BCUT2D eigenvalue weighted by atomic mass is 16.7. The average Bonchev–Trinajstić information content (AvgIpc) is 3.62. The van der Waals surface area contributed by atoms with Gasteiger partial charge in [0.2, 0.25) is 12.7 Å². The summed E-state index contributed by atoms with van der Waals surface area (Å²) in [6.07, 6.45) is 6.76. The SMILES string of the molecule is CNc1ncc(C2CCN(Cc3ccc4c(c3)OCO4)CC2)c(NC2CC2)n1.O=C(O)C(=O)O.O=C(O)C(=O)O. The van der Waals surface area contributed by atoms with Gasteiger partial charge in [0.05, 0.1) is 0 Å². The van der Waals surface area contributed by atoms with Crippen molar-refractivity contribution >= 4 is 35.6 Å².